The fourth-order valence-corrected chi connectivity index (χ4v) is 4.01. The van der Waals surface area contributed by atoms with E-state index in [-0.39, 0.29) is 12.1 Å². The maximum Gasteiger partial charge on any atom is 0.317 e. The lowest BCUT2D eigenvalue weighted by molar-refractivity contribution is -0.141. The normalized spacial score (nSPS) is 30.6. The van der Waals surface area contributed by atoms with Crippen LogP contribution in [0.4, 0.5) is 4.79 Å². The summed E-state index contributed by atoms with van der Waals surface area (Å²) >= 11 is 1.96. The summed E-state index contributed by atoms with van der Waals surface area (Å²) in [6, 6.07) is 0.177. The summed E-state index contributed by atoms with van der Waals surface area (Å²) in [5, 5.41) is 12.6. The first kappa shape index (κ1) is 14.5. The molecule has 0 aromatic carbocycles. The third-order valence-corrected chi connectivity index (χ3v) is 5.17. The molecule has 3 unspecified atom stereocenters. The van der Waals surface area contributed by atoms with E-state index in [0.717, 1.165) is 18.6 Å². The molecule has 0 bridgehead atoms. The van der Waals surface area contributed by atoms with Gasteiger partial charge in [-0.3, -0.25) is 4.79 Å². The second kappa shape index (κ2) is 6.50. The summed E-state index contributed by atoms with van der Waals surface area (Å²) in [5.74, 6) is -0.0640. The third kappa shape index (κ3) is 3.78. The van der Waals surface area contributed by atoms with E-state index < -0.39 is 11.9 Å². The van der Waals surface area contributed by atoms with Gasteiger partial charge >= 0.3 is 12.0 Å². The van der Waals surface area contributed by atoms with Crippen molar-refractivity contribution >= 4 is 23.8 Å². The molecule has 2 amide bonds. The standard InChI is InChI=1S/C13H22N2O3S/c1-2-19-11-4-3-10(7-11)14-13(18)15-6-5-9(8-15)12(16)17/h9-11H,2-8H2,1H3,(H,14,18)(H,16,17). The molecule has 6 heteroatoms. The average Bonchev–Trinajstić information content (AvgIpc) is 2.98. The number of urea groups is 1. The van der Waals surface area contributed by atoms with E-state index in [1.807, 2.05) is 11.8 Å². The van der Waals surface area contributed by atoms with Crippen molar-refractivity contribution < 1.29 is 14.7 Å². The van der Waals surface area contributed by atoms with Crippen LogP contribution in [0.25, 0.3) is 0 Å². The van der Waals surface area contributed by atoms with Gasteiger partial charge in [0.15, 0.2) is 0 Å². The zero-order valence-corrected chi connectivity index (χ0v) is 12.1. The van der Waals surface area contributed by atoms with Crippen molar-refractivity contribution in [3.8, 4) is 0 Å². The van der Waals surface area contributed by atoms with Crippen molar-refractivity contribution in [2.45, 2.75) is 43.9 Å². The number of carbonyl (C=O) groups is 2. The van der Waals surface area contributed by atoms with Crippen LogP contribution < -0.4 is 5.32 Å². The number of thioether (sulfide) groups is 1. The number of carbonyl (C=O) groups excluding carboxylic acids is 1. The smallest absolute Gasteiger partial charge is 0.317 e. The minimum absolute atomic E-state index is 0.0871. The summed E-state index contributed by atoms with van der Waals surface area (Å²) in [5.41, 5.74) is 0. The lowest BCUT2D eigenvalue weighted by Gasteiger charge is -2.20. The molecule has 1 saturated heterocycles. The Morgan fingerprint density at radius 2 is 2.16 bits per heavy atom. The molecule has 2 N–H and O–H groups in total. The van der Waals surface area contributed by atoms with Gasteiger partial charge in [0, 0.05) is 24.4 Å². The Bertz CT molecular complexity index is 351. The van der Waals surface area contributed by atoms with Crippen LogP contribution in [-0.2, 0) is 4.79 Å². The van der Waals surface area contributed by atoms with Crippen molar-refractivity contribution in [2.75, 3.05) is 18.8 Å². The second-order valence-electron chi connectivity index (χ2n) is 5.31. The van der Waals surface area contributed by atoms with Gasteiger partial charge in [-0.15, -0.1) is 0 Å². The first-order chi connectivity index (χ1) is 9.10. The maximum atomic E-state index is 12.0. The van der Waals surface area contributed by atoms with E-state index >= 15 is 0 Å². The Balaban J connectivity index is 1.75. The Labute approximate surface area is 118 Å². The number of aliphatic carboxylic acids is 1. The van der Waals surface area contributed by atoms with Crippen molar-refractivity contribution in [3.05, 3.63) is 0 Å². The second-order valence-corrected chi connectivity index (χ2v) is 6.88. The van der Waals surface area contributed by atoms with Crippen LogP contribution in [0.15, 0.2) is 0 Å². The highest BCUT2D eigenvalue weighted by Gasteiger charge is 2.33. The summed E-state index contributed by atoms with van der Waals surface area (Å²) in [4.78, 5) is 24.6. The molecule has 0 radical (unpaired) electrons. The van der Waals surface area contributed by atoms with Crippen LogP contribution >= 0.6 is 11.8 Å². The van der Waals surface area contributed by atoms with Gasteiger partial charge in [-0.1, -0.05) is 6.92 Å². The van der Waals surface area contributed by atoms with E-state index in [1.54, 1.807) is 4.90 Å². The van der Waals surface area contributed by atoms with Gasteiger partial charge in [0.1, 0.15) is 0 Å². The Kier molecular flexibility index (Phi) is 4.96. The lowest BCUT2D eigenvalue weighted by Crippen LogP contribution is -2.43. The number of likely N-dealkylation sites (tertiary alicyclic amines) is 1. The summed E-state index contributed by atoms with van der Waals surface area (Å²) < 4.78 is 0. The predicted molar refractivity (Wildman–Crippen MR) is 75.4 cm³/mol. The summed E-state index contributed by atoms with van der Waals surface area (Å²) in [6.45, 7) is 3.07. The summed E-state index contributed by atoms with van der Waals surface area (Å²) in [6.07, 6.45) is 3.82. The number of hydrogen-bond donors (Lipinski definition) is 2. The van der Waals surface area contributed by atoms with Crippen LogP contribution in [0.5, 0.6) is 0 Å². The van der Waals surface area contributed by atoms with Crippen LogP contribution in [0.2, 0.25) is 0 Å². The van der Waals surface area contributed by atoms with Gasteiger partial charge in [-0.25, -0.2) is 4.79 Å². The molecule has 0 aromatic rings. The predicted octanol–water partition coefficient (Wildman–Crippen LogP) is 1.78. The zero-order valence-electron chi connectivity index (χ0n) is 11.3. The molecule has 3 atom stereocenters. The van der Waals surface area contributed by atoms with Crippen molar-refractivity contribution in [3.63, 3.8) is 0 Å². The topological polar surface area (TPSA) is 69.6 Å². The van der Waals surface area contributed by atoms with Crippen molar-refractivity contribution in [2.24, 2.45) is 5.92 Å². The molecular weight excluding hydrogens is 264 g/mol. The molecular formula is C13H22N2O3S. The molecule has 2 aliphatic rings. The molecule has 108 valence electrons. The fraction of sp³-hybridized carbons (Fsp3) is 0.846. The number of carboxylic acids is 1. The molecule has 1 saturated carbocycles. The molecule has 2 rings (SSSR count). The minimum atomic E-state index is -0.796. The van der Waals surface area contributed by atoms with Crippen molar-refractivity contribution in [1.29, 1.82) is 0 Å². The molecule has 1 heterocycles. The molecule has 5 nitrogen and oxygen atoms in total. The average molecular weight is 286 g/mol. The Morgan fingerprint density at radius 1 is 1.37 bits per heavy atom. The van der Waals surface area contributed by atoms with Crippen LogP contribution in [-0.4, -0.2) is 52.1 Å². The Hall–Kier alpha value is -0.910. The quantitative estimate of drug-likeness (QED) is 0.826. The number of hydrogen-bond acceptors (Lipinski definition) is 3. The first-order valence-corrected chi connectivity index (χ1v) is 8.04. The SMILES string of the molecule is CCSC1CCC(NC(=O)N2CCC(C(=O)O)C2)C1. The van der Waals surface area contributed by atoms with E-state index in [2.05, 4.69) is 12.2 Å². The van der Waals surface area contributed by atoms with Crippen LogP contribution in [0.3, 0.4) is 0 Å². The number of nitrogens with one attached hydrogen (secondary N) is 1. The highest BCUT2D eigenvalue weighted by atomic mass is 32.2. The van der Waals surface area contributed by atoms with Crippen LogP contribution in [0, 0.1) is 5.92 Å². The molecule has 0 spiro atoms. The van der Waals surface area contributed by atoms with Gasteiger partial charge in [0.25, 0.3) is 0 Å². The largest absolute Gasteiger partial charge is 0.481 e. The molecule has 0 aromatic heterocycles. The van der Waals surface area contributed by atoms with Crippen molar-refractivity contribution in [1.82, 2.24) is 10.2 Å². The number of rotatable bonds is 4. The molecule has 1 aliphatic heterocycles. The lowest BCUT2D eigenvalue weighted by atomic mass is 10.1. The monoisotopic (exact) mass is 286 g/mol. The maximum absolute atomic E-state index is 12.0. The molecule has 2 fully saturated rings. The number of amides is 2. The van der Waals surface area contributed by atoms with Gasteiger partial charge in [-0.05, 0) is 31.4 Å². The van der Waals surface area contributed by atoms with Gasteiger partial charge in [-0.2, -0.15) is 11.8 Å². The zero-order chi connectivity index (χ0) is 13.8. The summed E-state index contributed by atoms with van der Waals surface area (Å²) in [7, 11) is 0. The van der Waals surface area contributed by atoms with Gasteiger partial charge in [0.05, 0.1) is 5.92 Å². The van der Waals surface area contributed by atoms with Gasteiger partial charge in [0.2, 0.25) is 0 Å². The number of nitrogens with zero attached hydrogens (tertiary/aromatic N) is 1. The highest BCUT2D eigenvalue weighted by Crippen LogP contribution is 2.30. The van der Waals surface area contributed by atoms with Gasteiger partial charge < -0.3 is 15.3 Å². The van der Waals surface area contributed by atoms with Crippen LogP contribution in [0.1, 0.15) is 32.6 Å². The minimum Gasteiger partial charge on any atom is -0.481 e. The van der Waals surface area contributed by atoms with E-state index in [0.29, 0.717) is 24.8 Å². The third-order valence-electron chi connectivity index (χ3n) is 3.94. The fourth-order valence-electron chi connectivity index (χ4n) is 2.87. The first-order valence-electron chi connectivity index (χ1n) is 7.00. The number of carboxylic acid groups (broad SMARTS) is 1. The molecule has 19 heavy (non-hydrogen) atoms. The molecule has 1 aliphatic carbocycles. The van der Waals surface area contributed by atoms with E-state index in [9.17, 15) is 9.59 Å². The van der Waals surface area contributed by atoms with E-state index in [1.165, 1.54) is 6.42 Å². The Morgan fingerprint density at radius 3 is 2.79 bits per heavy atom. The highest BCUT2D eigenvalue weighted by molar-refractivity contribution is 7.99. The van der Waals surface area contributed by atoms with E-state index in [4.69, 9.17) is 5.11 Å².